The predicted molar refractivity (Wildman–Crippen MR) is 80.1 cm³/mol. The van der Waals surface area contributed by atoms with E-state index in [1.54, 1.807) is 6.92 Å². The molecule has 0 N–H and O–H groups in total. The van der Waals surface area contributed by atoms with Crippen LogP contribution in [0.4, 0.5) is 5.69 Å². The van der Waals surface area contributed by atoms with Gasteiger partial charge in [0, 0.05) is 19.8 Å². The van der Waals surface area contributed by atoms with Crippen molar-refractivity contribution in [1.29, 1.82) is 0 Å². The van der Waals surface area contributed by atoms with Crippen LogP contribution in [0.5, 0.6) is 0 Å². The largest absolute Gasteiger partial charge is 0.378 e. The highest BCUT2D eigenvalue weighted by atomic mass is 35.5. The van der Waals surface area contributed by atoms with Gasteiger partial charge in [-0.2, -0.15) is 0 Å². The van der Waals surface area contributed by atoms with E-state index in [9.17, 15) is 4.79 Å². The maximum absolute atomic E-state index is 11.7. The first-order valence-corrected chi connectivity index (χ1v) is 6.16. The fourth-order valence-corrected chi connectivity index (χ4v) is 1.92. The summed E-state index contributed by atoms with van der Waals surface area (Å²) in [6, 6.07) is 7.88. The van der Waals surface area contributed by atoms with E-state index in [0.717, 1.165) is 16.8 Å². The third-order valence-corrected chi connectivity index (χ3v) is 3.03. The quantitative estimate of drug-likeness (QED) is 0.620. The number of halogens is 1. The molecule has 1 aromatic carbocycles. The van der Waals surface area contributed by atoms with Crippen LogP contribution in [-0.2, 0) is 9.08 Å². The van der Waals surface area contributed by atoms with Gasteiger partial charge in [0.25, 0.3) is 0 Å². The minimum Gasteiger partial charge on any atom is -0.378 e. The molecule has 0 atom stereocenters. The van der Waals surface area contributed by atoms with Crippen LogP contribution in [0.3, 0.4) is 0 Å². The third-order valence-electron chi connectivity index (χ3n) is 2.89. The zero-order valence-corrected chi connectivity index (χ0v) is 12.4. The average Bonchev–Trinajstić information content (AvgIpc) is 2.38. The molecule has 0 bridgehead atoms. The van der Waals surface area contributed by atoms with Crippen LogP contribution in [0.2, 0.25) is 0 Å². The first kappa shape index (κ1) is 15.3. The van der Waals surface area contributed by atoms with E-state index in [0.29, 0.717) is 11.1 Å². The maximum Gasteiger partial charge on any atom is 0.356 e. The molecule has 0 amide bonds. The Morgan fingerprint density at radius 1 is 1.21 bits per heavy atom. The van der Waals surface area contributed by atoms with E-state index in [1.165, 1.54) is 0 Å². The summed E-state index contributed by atoms with van der Waals surface area (Å²) in [6.45, 7) is 7.39. The number of anilines is 1. The summed E-state index contributed by atoms with van der Waals surface area (Å²) in [6.07, 6.45) is 0. The van der Waals surface area contributed by atoms with Crippen molar-refractivity contribution in [3.8, 4) is 0 Å². The standard InChI is InChI=1S/C15H18ClNO2/c1-10(2)14(15(18)19-16)11(3)12-6-8-13(9-7-12)17(4)5/h6-9H,1H2,2-5H3/b14-11-. The summed E-state index contributed by atoms with van der Waals surface area (Å²) in [5.41, 5.74) is 3.86. The number of hydrogen-bond acceptors (Lipinski definition) is 3. The second-order valence-electron chi connectivity index (χ2n) is 4.59. The smallest absolute Gasteiger partial charge is 0.356 e. The van der Waals surface area contributed by atoms with E-state index >= 15 is 0 Å². The highest BCUT2D eigenvalue weighted by molar-refractivity contribution is 6.17. The molecule has 102 valence electrons. The Morgan fingerprint density at radius 2 is 1.74 bits per heavy atom. The Labute approximate surface area is 119 Å². The van der Waals surface area contributed by atoms with Crippen molar-refractivity contribution in [3.05, 3.63) is 47.6 Å². The molecule has 4 heteroatoms. The van der Waals surface area contributed by atoms with Gasteiger partial charge in [-0.3, -0.25) is 0 Å². The van der Waals surface area contributed by atoms with Gasteiger partial charge in [0.15, 0.2) is 0 Å². The van der Waals surface area contributed by atoms with Gasteiger partial charge >= 0.3 is 5.97 Å². The molecule has 3 nitrogen and oxygen atoms in total. The number of allylic oxidation sites excluding steroid dienone is 1. The van der Waals surface area contributed by atoms with Gasteiger partial charge in [-0.15, -0.1) is 0 Å². The average molecular weight is 280 g/mol. The second-order valence-corrected chi connectivity index (χ2v) is 4.74. The summed E-state index contributed by atoms with van der Waals surface area (Å²) in [7, 11) is 3.95. The molecule has 0 fully saturated rings. The van der Waals surface area contributed by atoms with Gasteiger partial charge in [0.05, 0.1) is 5.57 Å². The molecule has 19 heavy (non-hydrogen) atoms. The number of carbonyl (C=O) groups excluding carboxylic acids is 1. The molecule has 0 aliphatic rings. The summed E-state index contributed by atoms with van der Waals surface area (Å²) in [5, 5.41) is 0. The van der Waals surface area contributed by atoms with Gasteiger partial charge < -0.3 is 9.19 Å². The lowest BCUT2D eigenvalue weighted by molar-refractivity contribution is -0.129. The second kappa shape index (κ2) is 6.43. The molecule has 0 spiro atoms. The summed E-state index contributed by atoms with van der Waals surface area (Å²) in [4.78, 5) is 13.7. The van der Waals surface area contributed by atoms with Crippen molar-refractivity contribution in [2.75, 3.05) is 19.0 Å². The summed E-state index contributed by atoms with van der Waals surface area (Å²) < 4.78 is 4.28. The number of hydrogen-bond donors (Lipinski definition) is 0. The van der Waals surface area contributed by atoms with Gasteiger partial charge in [0.1, 0.15) is 11.9 Å². The molecule has 0 unspecified atom stereocenters. The normalized spacial score (nSPS) is 11.6. The predicted octanol–water partition coefficient (Wildman–Crippen LogP) is 3.80. The minimum atomic E-state index is -0.580. The lowest BCUT2D eigenvalue weighted by Crippen LogP contribution is -2.08. The molecule has 0 radical (unpaired) electrons. The van der Waals surface area contributed by atoms with Gasteiger partial charge in [-0.05, 0) is 42.7 Å². The van der Waals surface area contributed by atoms with Crippen LogP contribution in [-0.4, -0.2) is 20.1 Å². The summed E-state index contributed by atoms with van der Waals surface area (Å²) in [5.74, 6) is -0.580. The topological polar surface area (TPSA) is 29.5 Å². The van der Waals surface area contributed by atoms with Crippen molar-refractivity contribution in [2.45, 2.75) is 13.8 Å². The van der Waals surface area contributed by atoms with E-state index in [-0.39, 0.29) is 0 Å². The van der Waals surface area contributed by atoms with Crippen molar-refractivity contribution >= 4 is 29.1 Å². The Balaban J connectivity index is 3.25. The van der Waals surface area contributed by atoms with E-state index in [1.807, 2.05) is 50.2 Å². The molecule has 0 aliphatic heterocycles. The zero-order chi connectivity index (χ0) is 14.6. The number of benzene rings is 1. The molecule has 0 aromatic heterocycles. The third kappa shape index (κ3) is 3.61. The Hall–Kier alpha value is -1.74. The maximum atomic E-state index is 11.7. The number of nitrogens with zero attached hydrogens (tertiary/aromatic N) is 1. The highest BCUT2D eigenvalue weighted by Gasteiger charge is 2.16. The van der Waals surface area contributed by atoms with E-state index in [2.05, 4.69) is 10.9 Å². The zero-order valence-electron chi connectivity index (χ0n) is 11.7. The molecule has 0 heterocycles. The van der Waals surface area contributed by atoms with Crippen LogP contribution in [0.15, 0.2) is 42.0 Å². The van der Waals surface area contributed by atoms with Crippen molar-refractivity contribution in [1.82, 2.24) is 0 Å². The monoisotopic (exact) mass is 279 g/mol. The lowest BCUT2D eigenvalue weighted by atomic mass is 9.97. The molecule has 0 aliphatic carbocycles. The molecule has 1 aromatic rings. The van der Waals surface area contributed by atoms with Crippen molar-refractivity contribution < 1.29 is 9.08 Å². The fraction of sp³-hybridized carbons (Fsp3) is 0.267. The Bertz CT molecular complexity index is 515. The van der Waals surface area contributed by atoms with Crippen LogP contribution in [0, 0.1) is 0 Å². The van der Waals surface area contributed by atoms with Crippen LogP contribution >= 0.6 is 11.9 Å². The molecule has 0 saturated heterocycles. The summed E-state index contributed by atoms with van der Waals surface area (Å²) >= 11 is 5.16. The Kier molecular flexibility index (Phi) is 5.19. The molecule has 0 saturated carbocycles. The minimum absolute atomic E-state index is 0.410. The molecule has 1 rings (SSSR count). The fourth-order valence-electron chi connectivity index (χ4n) is 1.84. The Morgan fingerprint density at radius 3 is 2.11 bits per heavy atom. The van der Waals surface area contributed by atoms with Crippen LogP contribution < -0.4 is 4.90 Å². The number of carbonyl (C=O) groups is 1. The molecular formula is C15H18ClNO2. The van der Waals surface area contributed by atoms with Crippen LogP contribution in [0.1, 0.15) is 19.4 Å². The highest BCUT2D eigenvalue weighted by Crippen LogP contribution is 2.25. The van der Waals surface area contributed by atoms with Crippen molar-refractivity contribution in [3.63, 3.8) is 0 Å². The first-order valence-electron chi connectivity index (χ1n) is 5.86. The van der Waals surface area contributed by atoms with Crippen molar-refractivity contribution in [2.24, 2.45) is 0 Å². The van der Waals surface area contributed by atoms with Gasteiger partial charge in [-0.25, -0.2) is 4.79 Å². The van der Waals surface area contributed by atoms with Crippen LogP contribution in [0.25, 0.3) is 5.57 Å². The van der Waals surface area contributed by atoms with Gasteiger partial charge in [-0.1, -0.05) is 18.7 Å². The van der Waals surface area contributed by atoms with E-state index < -0.39 is 5.97 Å². The lowest BCUT2D eigenvalue weighted by Gasteiger charge is -2.14. The van der Waals surface area contributed by atoms with E-state index in [4.69, 9.17) is 11.9 Å². The van der Waals surface area contributed by atoms with Gasteiger partial charge in [0.2, 0.25) is 0 Å². The number of rotatable bonds is 4. The molecular weight excluding hydrogens is 262 g/mol. The SMILES string of the molecule is C=C(C)/C(C(=O)OCl)=C(\C)c1ccc(N(C)C)cc1. The first-order chi connectivity index (χ1) is 8.88.